The molecule has 0 atom stereocenters. The van der Waals surface area contributed by atoms with Crippen LogP contribution in [0.2, 0.25) is 0 Å². The topological polar surface area (TPSA) is 143 Å². The summed E-state index contributed by atoms with van der Waals surface area (Å²) in [6.45, 7) is 0. The van der Waals surface area contributed by atoms with Gasteiger partial charge in [0, 0.05) is 0 Å². The molecule has 0 aromatic heterocycles. The van der Waals surface area contributed by atoms with Gasteiger partial charge >= 0.3 is 234 Å². The summed E-state index contributed by atoms with van der Waals surface area (Å²) >= 11 is -4.34. The molecule has 0 aliphatic carbocycles. The average Bonchev–Trinajstić information content (AvgIpc) is 1.19. The summed E-state index contributed by atoms with van der Waals surface area (Å²) in [5, 5.41) is 0. The van der Waals surface area contributed by atoms with E-state index in [1.54, 1.807) is 0 Å². The Balaban J connectivity index is -0.0000000146. The predicted molar refractivity (Wildman–Crippen MR) is 8.98 cm³/mol. The van der Waals surface area contributed by atoms with E-state index >= 15 is 0 Å². The van der Waals surface area contributed by atoms with Crippen molar-refractivity contribution in [3.63, 3.8) is 0 Å². The third-order valence-electron chi connectivity index (χ3n) is 0. The fraction of sp³-hybridized carbons (Fsp3) is 0. The molecular weight excluding hydrogens is 480 g/mol. The predicted octanol–water partition coefficient (Wildman–Crippen LogP) is -16.2. The SMILES string of the molecule is O=P([O-])([O-])[O-].[K+].[K+].[K+].[K+].[O]=[Ta](=[O])[O-]. The Hall–Kier alpha value is 6.96. The van der Waals surface area contributed by atoms with E-state index in [1.807, 2.05) is 0 Å². The van der Waals surface area contributed by atoms with E-state index < -0.39 is 26.6 Å². The number of hydrogen-bond acceptors (Lipinski definition) is 7. The van der Waals surface area contributed by atoms with Gasteiger partial charge in [-0.15, -0.1) is 0 Å². The van der Waals surface area contributed by atoms with Crippen molar-refractivity contribution in [1.29, 1.82) is 0 Å². The van der Waals surface area contributed by atoms with E-state index in [1.165, 1.54) is 0 Å². The van der Waals surface area contributed by atoms with E-state index in [0.29, 0.717) is 0 Å². The van der Waals surface area contributed by atoms with E-state index in [-0.39, 0.29) is 206 Å². The van der Waals surface area contributed by atoms with Crippen LogP contribution in [0, 0.1) is 0 Å². The van der Waals surface area contributed by atoms with Gasteiger partial charge < -0.3 is 19.2 Å². The summed E-state index contributed by atoms with van der Waals surface area (Å²) in [5.74, 6) is 0. The molecule has 0 aromatic carbocycles. The monoisotopic (exact) mass is 480 g/mol. The molecule has 0 aliphatic rings. The van der Waals surface area contributed by atoms with Crippen LogP contribution in [0.5, 0.6) is 0 Å². The van der Waals surface area contributed by atoms with Gasteiger partial charge in [0.05, 0.1) is 0 Å². The molecular formula is K4O7PTa. The summed E-state index contributed by atoms with van der Waals surface area (Å²) < 4.78 is 34.4. The van der Waals surface area contributed by atoms with Crippen LogP contribution in [-0.4, -0.2) is 0 Å². The van der Waals surface area contributed by atoms with E-state index in [0.717, 1.165) is 0 Å². The van der Waals surface area contributed by atoms with E-state index in [4.69, 9.17) is 29.4 Å². The molecule has 0 amide bonds. The summed E-state index contributed by atoms with van der Waals surface area (Å²) in [6, 6.07) is 0. The standard InChI is InChI=1S/4K.H3O4P.3O.Ta/c;;;;1-5(2,3)4;;;;/h;;;;(H3,1,2,3,4);;;;/q4*+1;;;;-1;/p-3. The summed E-state index contributed by atoms with van der Waals surface area (Å²) in [7, 11) is -5.39. The van der Waals surface area contributed by atoms with Gasteiger partial charge in [-0.25, -0.2) is 0 Å². The Morgan fingerprint density at radius 2 is 0.846 bits per heavy atom. The molecule has 0 aromatic rings. The van der Waals surface area contributed by atoms with Gasteiger partial charge in [-0.1, -0.05) is 0 Å². The molecule has 0 unspecified atom stereocenters. The zero-order valence-corrected chi connectivity index (χ0v) is 24.4. The Bertz CT molecular complexity index is 155. The molecule has 13 heteroatoms. The molecule has 56 valence electrons. The zero-order chi connectivity index (χ0) is 8.08. The molecule has 0 rings (SSSR count). The van der Waals surface area contributed by atoms with Crippen molar-refractivity contribution in [2.45, 2.75) is 0 Å². The normalized spacial score (nSPS) is 6.46. The molecule has 0 aliphatic heterocycles. The quantitative estimate of drug-likeness (QED) is 0.247. The van der Waals surface area contributed by atoms with Gasteiger partial charge in [-0.3, -0.25) is 0 Å². The van der Waals surface area contributed by atoms with Crippen LogP contribution >= 0.6 is 7.82 Å². The van der Waals surface area contributed by atoms with Crippen molar-refractivity contribution in [3.05, 3.63) is 0 Å². The zero-order valence-electron chi connectivity index (χ0n) is 7.75. The fourth-order valence-corrected chi connectivity index (χ4v) is 0. The Labute approximate surface area is 252 Å². The van der Waals surface area contributed by atoms with Crippen LogP contribution in [0.25, 0.3) is 0 Å². The first-order valence-electron chi connectivity index (χ1n) is 1.28. The van der Waals surface area contributed by atoms with Gasteiger partial charge in [-0.2, -0.15) is 7.82 Å². The van der Waals surface area contributed by atoms with Gasteiger partial charge in [0.1, 0.15) is 0 Å². The summed E-state index contributed by atoms with van der Waals surface area (Å²) in [5.41, 5.74) is 0. The van der Waals surface area contributed by atoms with Crippen LogP contribution in [0.15, 0.2) is 0 Å². The Kier molecular flexibility index (Phi) is 68.0. The second-order valence-electron chi connectivity index (χ2n) is 0.671. The molecule has 7 nitrogen and oxygen atoms in total. The van der Waals surface area contributed by atoms with E-state index in [9.17, 15) is 0 Å². The van der Waals surface area contributed by atoms with Gasteiger partial charge in [-0.05, 0) is 0 Å². The summed E-state index contributed by atoms with van der Waals surface area (Å²) in [6.07, 6.45) is 0. The average molecular weight is 480 g/mol. The maximum atomic E-state index is 8.62. The first-order valence-corrected chi connectivity index (χ1v) is 6.67. The Morgan fingerprint density at radius 3 is 0.846 bits per heavy atom. The number of phosphoric acid groups is 1. The van der Waals surface area contributed by atoms with Crippen LogP contribution in [0.1, 0.15) is 0 Å². The number of rotatable bonds is 0. The first kappa shape index (κ1) is 36.8. The van der Waals surface area contributed by atoms with Crippen LogP contribution in [0.3, 0.4) is 0 Å². The van der Waals surface area contributed by atoms with Crippen molar-refractivity contribution in [2.75, 3.05) is 0 Å². The molecule has 0 heterocycles. The van der Waals surface area contributed by atoms with Crippen LogP contribution in [0.4, 0.5) is 0 Å². The summed E-state index contributed by atoms with van der Waals surface area (Å²) in [4.78, 5) is 25.6. The molecule has 0 saturated heterocycles. The Morgan fingerprint density at radius 1 is 0.846 bits per heavy atom. The molecule has 13 heavy (non-hydrogen) atoms. The molecule has 0 N–H and O–H groups in total. The second kappa shape index (κ2) is 24.0. The minimum atomic E-state index is -5.39. The third kappa shape index (κ3) is 113. The first-order chi connectivity index (χ1) is 3.73. The van der Waals surface area contributed by atoms with Crippen molar-refractivity contribution in [3.8, 4) is 0 Å². The third-order valence-corrected chi connectivity index (χ3v) is 0. The molecule has 0 fully saturated rings. The van der Waals surface area contributed by atoms with Gasteiger partial charge in [0.2, 0.25) is 0 Å². The van der Waals surface area contributed by atoms with Gasteiger partial charge in [0.25, 0.3) is 0 Å². The second-order valence-corrected chi connectivity index (χ2v) is 3.17. The van der Waals surface area contributed by atoms with Crippen molar-refractivity contribution in [2.24, 2.45) is 0 Å². The van der Waals surface area contributed by atoms with Crippen molar-refractivity contribution in [1.82, 2.24) is 0 Å². The van der Waals surface area contributed by atoms with Gasteiger partial charge in [0.15, 0.2) is 0 Å². The fourth-order valence-electron chi connectivity index (χ4n) is 0. The van der Waals surface area contributed by atoms with Crippen molar-refractivity contribution < 1.29 is 254 Å². The molecule has 0 bridgehead atoms. The van der Waals surface area contributed by atoms with Crippen LogP contribution in [-0.2, 0) is 29.9 Å². The molecule has 0 spiro atoms. The molecule has 0 radical (unpaired) electrons. The number of hydrogen-bond donors (Lipinski definition) is 0. The molecule has 0 saturated carbocycles. The maximum absolute atomic E-state index is 8.62. The minimum absolute atomic E-state index is 0. The van der Waals surface area contributed by atoms with Crippen molar-refractivity contribution >= 4 is 7.82 Å². The van der Waals surface area contributed by atoms with E-state index in [2.05, 4.69) is 0 Å². The van der Waals surface area contributed by atoms with Crippen LogP contribution < -0.4 is 224 Å².